The molecule has 0 unspecified atom stereocenters. The Labute approximate surface area is 340 Å². The van der Waals surface area contributed by atoms with E-state index in [0.717, 1.165) is 61.4 Å². The molecule has 56 heavy (non-hydrogen) atoms. The minimum absolute atomic E-state index is 0. The Morgan fingerprint density at radius 3 is 2.04 bits per heavy atom. The van der Waals surface area contributed by atoms with Crippen LogP contribution in [0.3, 0.4) is 0 Å². The molecule has 11 rings (SSSR count). The standard InChI is InChI=1S/C50H34N4O.Pt/c1-33-14-3-4-17-38(33)34-28-29-51-49(30-34)53-45-23-10-7-20-41(45)42-27-26-36(32-48(42)53)50(43-21-8-5-18-39(43)40-19-6-9-22-44(40)50)35-15-13-16-37(31-35)54-47-25-12-11-24-46(47)52(2)55-54;/h3-30H,1-2H3;/q-2;/p+1. The molecule has 7 aromatic carbocycles. The molecule has 0 radical (unpaired) electrons. The summed E-state index contributed by atoms with van der Waals surface area (Å²) in [4.78, 5) is 9.95. The first-order valence-electron chi connectivity index (χ1n) is 18.7. The molecule has 1 aliphatic heterocycles. The van der Waals surface area contributed by atoms with E-state index in [0.29, 0.717) is 0 Å². The Hall–Kier alpha value is -6.26. The van der Waals surface area contributed by atoms with E-state index >= 15 is 0 Å². The van der Waals surface area contributed by atoms with Crippen molar-refractivity contribution in [3.8, 4) is 28.1 Å². The van der Waals surface area contributed by atoms with E-state index in [9.17, 15) is 0 Å². The van der Waals surface area contributed by atoms with Crippen LogP contribution in [0.25, 0.3) is 49.9 Å². The van der Waals surface area contributed by atoms with Gasteiger partial charge in [0, 0.05) is 43.9 Å². The minimum atomic E-state index is -0.722. The minimum Gasteiger partial charge on any atom is -0.319 e. The van der Waals surface area contributed by atoms with Gasteiger partial charge in [0.25, 0.3) is 0 Å². The summed E-state index contributed by atoms with van der Waals surface area (Å²) in [6, 6.07) is 66.4. The SMILES string of the molecule is Cc1ccccc1-c1ccnc(-n2c3[c-]c(C4(c5[c-]c(N6[OH+]N(C)c7ccccc76)ccc5)c5ccccc5-c5ccccc54)ccc3c3ccccc32)c1.[Pt]. The third kappa shape index (κ3) is 4.91. The summed E-state index contributed by atoms with van der Waals surface area (Å²) in [5, 5.41) is 6.22. The number of para-hydroxylation sites is 3. The maximum atomic E-state index is 5.01. The fourth-order valence-corrected chi connectivity index (χ4v) is 9.04. The number of aryl methyl sites for hydroxylation is 1. The predicted octanol–water partition coefficient (Wildman–Crippen LogP) is 11.5. The molecule has 0 fully saturated rings. The predicted molar refractivity (Wildman–Crippen MR) is 222 cm³/mol. The summed E-state index contributed by atoms with van der Waals surface area (Å²) < 4.78 is 2.28. The van der Waals surface area contributed by atoms with Crippen LogP contribution in [0, 0.1) is 19.1 Å². The summed E-state index contributed by atoms with van der Waals surface area (Å²) in [5.74, 6) is 0.855. The molecule has 5 nitrogen and oxygen atoms in total. The second-order valence-corrected chi connectivity index (χ2v) is 14.4. The molecule has 0 spiro atoms. The Balaban J connectivity index is 0.00000384. The van der Waals surface area contributed by atoms with Crippen LogP contribution >= 0.6 is 0 Å². The van der Waals surface area contributed by atoms with E-state index in [1.807, 2.05) is 23.4 Å². The van der Waals surface area contributed by atoms with E-state index < -0.39 is 5.41 Å². The third-order valence-electron chi connectivity index (χ3n) is 11.5. The molecule has 0 bridgehead atoms. The molecular formula is C50H35N4OPt-. The van der Waals surface area contributed by atoms with Crippen molar-refractivity contribution in [3.05, 3.63) is 210 Å². The molecule has 2 aromatic heterocycles. The van der Waals surface area contributed by atoms with Gasteiger partial charge in [-0.2, -0.15) is 35.3 Å². The van der Waals surface area contributed by atoms with Gasteiger partial charge in [-0.3, -0.25) is 0 Å². The number of hydroxylamine groups is 1. The van der Waals surface area contributed by atoms with Gasteiger partial charge in [0.1, 0.15) is 17.2 Å². The van der Waals surface area contributed by atoms with Gasteiger partial charge in [0.05, 0.1) is 7.05 Å². The summed E-state index contributed by atoms with van der Waals surface area (Å²) in [7, 11) is 1.99. The van der Waals surface area contributed by atoms with Crippen molar-refractivity contribution >= 4 is 38.9 Å². The van der Waals surface area contributed by atoms with Crippen molar-refractivity contribution in [3.63, 3.8) is 0 Å². The second kappa shape index (κ2) is 13.2. The van der Waals surface area contributed by atoms with Gasteiger partial charge in [0.15, 0.2) is 0 Å². The van der Waals surface area contributed by atoms with Crippen LogP contribution in [-0.4, -0.2) is 21.5 Å². The van der Waals surface area contributed by atoms with Crippen LogP contribution in [0.15, 0.2) is 170 Å². The molecule has 0 saturated heterocycles. The molecule has 6 heteroatoms. The number of hydrogen-bond acceptors (Lipinski definition) is 3. The number of nitrogens with zero attached hydrogens (tertiary/aromatic N) is 4. The largest absolute Gasteiger partial charge is 0.319 e. The average Bonchev–Trinajstić information content (AvgIpc) is 3.87. The van der Waals surface area contributed by atoms with Gasteiger partial charge < -0.3 is 4.57 Å². The first kappa shape index (κ1) is 34.2. The van der Waals surface area contributed by atoms with Crippen molar-refractivity contribution < 1.29 is 26.0 Å². The number of aromatic nitrogens is 2. The number of pyridine rings is 1. The Kier molecular flexibility index (Phi) is 8.07. The van der Waals surface area contributed by atoms with Crippen LogP contribution < -0.4 is 10.1 Å². The summed E-state index contributed by atoms with van der Waals surface area (Å²) in [6.07, 6.45) is 1.92. The monoisotopic (exact) mass is 902 g/mol. The van der Waals surface area contributed by atoms with E-state index in [1.54, 1.807) is 0 Å². The van der Waals surface area contributed by atoms with Crippen molar-refractivity contribution in [2.24, 2.45) is 0 Å². The quantitative estimate of drug-likeness (QED) is 0.128. The van der Waals surface area contributed by atoms with Crippen molar-refractivity contribution in [1.29, 1.82) is 0 Å². The van der Waals surface area contributed by atoms with E-state index in [4.69, 9.17) is 9.92 Å². The normalized spacial score (nSPS) is 13.8. The molecule has 272 valence electrons. The average molecular weight is 903 g/mol. The number of hydrogen-bond donors (Lipinski definition) is 0. The zero-order valence-electron chi connectivity index (χ0n) is 30.7. The molecule has 0 saturated carbocycles. The van der Waals surface area contributed by atoms with Crippen molar-refractivity contribution in [2.75, 3.05) is 17.2 Å². The zero-order chi connectivity index (χ0) is 36.7. The Bertz CT molecular complexity index is 2940. The van der Waals surface area contributed by atoms with Gasteiger partial charge in [-0.05, 0) is 81.6 Å². The first-order chi connectivity index (χ1) is 27.1. The van der Waals surface area contributed by atoms with E-state index in [1.165, 1.54) is 33.4 Å². The number of fused-ring (bicyclic) bond motifs is 7. The van der Waals surface area contributed by atoms with Gasteiger partial charge in [-0.25, -0.2) is 4.98 Å². The molecule has 3 heterocycles. The number of benzene rings is 7. The van der Waals surface area contributed by atoms with Crippen LogP contribution in [0.2, 0.25) is 0 Å². The summed E-state index contributed by atoms with van der Waals surface area (Å²) in [5.41, 5.74) is 14.8. The van der Waals surface area contributed by atoms with Gasteiger partial charge in [0.2, 0.25) is 0 Å². The summed E-state index contributed by atoms with van der Waals surface area (Å²) >= 11 is 0. The third-order valence-corrected chi connectivity index (χ3v) is 11.5. The van der Waals surface area contributed by atoms with Gasteiger partial charge in [-0.15, -0.1) is 38.8 Å². The fraction of sp³-hybridized carbons (Fsp3) is 0.0600. The van der Waals surface area contributed by atoms with Crippen LogP contribution in [-0.2, 0) is 26.5 Å². The zero-order valence-corrected chi connectivity index (χ0v) is 33.0. The van der Waals surface area contributed by atoms with Crippen LogP contribution in [0.5, 0.6) is 0 Å². The van der Waals surface area contributed by atoms with Crippen molar-refractivity contribution in [2.45, 2.75) is 12.3 Å². The van der Waals surface area contributed by atoms with E-state index in [-0.39, 0.29) is 21.1 Å². The molecule has 9 aromatic rings. The smallest absolute Gasteiger partial charge is 0.145 e. The molecule has 2 aliphatic rings. The summed E-state index contributed by atoms with van der Waals surface area (Å²) in [6.45, 7) is 2.16. The molecule has 0 atom stereocenters. The van der Waals surface area contributed by atoms with Crippen LogP contribution in [0.1, 0.15) is 27.8 Å². The fourth-order valence-electron chi connectivity index (χ4n) is 9.04. The van der Waals surface area contributed by atoms with Gasteiger partial charge >= 0.3 is 0 Å². The van der Waals surface area contributed by atoms with Crippen molar-refractivity contribution in [1.82, 2.24) is 9.55 Å². The van der Waals surface area contributed by atoms with Crippen LogP contribution in [0.4, 0.5) is 17.1 Å². The topological polar surface area (TPSA) is 37.1 Å². The maximum Gasteiger partial charge on any atom is 0.145 e. The number of rotatable bonds is 5. The molecule has 0 amide bonds. The second-order valence-electron chi connectivity index (χ2n) is 14.4. The maximum absolute atomic E-state index is 5.01. The van der Waals surface area contributed by atoms with E-state index in [2.05, 4.69) is 187 Å². The Morgan fingerprint density at radius 1 is 0.589 bits per heavy atom. The Morgan fingerprint density at radius 2 is 1.25 bits per heavy atom. The first-order valence-corrected chi connectivity index (χ1v) is 18.7. The molecule has 1 N–H and O–H groups in total. The van der Waals surface area contributed by atoms with Gasteiger partial charge in [-0.1, -0.05) is 109 Å². The molecular weight excluding hydrogens is 868 g/mol. The molecule has 1 aliphatic carbocycles. The number of anilines is 3.